The van der Waals surface area contributed by atoms with Crippen molar-refractivity contribution in [3.05, 3.63) is 92.8 Å². The number of nitrogens with zero attached hydrogens (tertiary/aromatic N) is 1. The van der Waals surface area contributed by atoms with Gasteiger partial charge in [0.05, 0.1) is 27.9 Å². The van der Waals surface area contributed by atoms with Crippen LogP contribution in [0.4, 0.5) is 0 Å². The molecule has 0 bridgehead atoms. The highest BCUT2D eigenvalue weighted by atomic mass is 79.9. The van der Waals surface area contributed by atoms with E-state index in [4.69, 9.17) is 14.2 Å². The molecule has 0 fully saturated rings. The first kappa shape index (κ1) is 22.6. The van der Waals surface area contributed by atoms with Crippen LogP contribution in [0.25, 0.3) is 21.9 Å². The van der Waals surface area contributed by atoms with Crippen molar-refractivity contribution in [2.45, 2.75) is 6.54 Å². The number of methoxy groups -OCH3 is 3. The van der Waals surface area contributed by atoms with Crippen LogP contribution < -0.4 is 15.0 Å². The first-order chi connectivity index (χ1) is 16.0. The molecule has 0 N–H and O–H groups in total. The normalized spacial score (nSPS) is 10.8. The summed E-state index contributed by atoms with van der Waals surface area (Å²) in [5, 5.41) is 1.15. The van der Waals surface area contributed by atoms with Crippen molar-refractivity contribution in [2.75, 3.05) is 21.3 Å². The zero-order valence-corrected chi connectivity index (χ0v) is 20.0. The third-order valence-electron chi connectivity index (χ3n) is 5.49. The molecule has 0 amide bonds. The van der Waals surface area contributed by atoms with E-state index in [1.807, 2.05) is 42.5 Å². The summed E-state index contributed by atoms with van der Waals surface area (Å²) in [4.78, 5) is 26.8. The first-order valence-corrected chi connectivity index (χ1v) is 11.0. The van der Waals surface area contributed by atoms with Crippen LogP contribution in [0.5, 0.6) is 11.5 Å². The van der Waals surface area contributed by atoms with Crippen LogP contribution in [0.2, 0.25) is 0 Å². The Morgan fingerprint density at radius 1 is 0.909 bits per heavy atom. The van der Waals surface area contributed by atoms with Crippen molar-refractivity contribution < 1.29 is 19.0 Å². The second-order valence-electron chi connectivity index (χ2n) is 7.34. The summed E-state index contributed by atoms with van der Waals surface area (Å²) in [5.41, 5.74) is 1.98. The maximum atomic E-state index is 13.7. The molecule has 33 heavy (non-hydrogen) atoms. The minimum Gasteiger partial charge on any atom is -0.497 e. The third-order valence-corrected chi connectivity index (χ3v) is 5.98. The zero-order valence-electron chi connectivity index (χ0n) is 18.4. The van der Waals surface area contributed by atoms with Gasteiger partial charge in [-0.15, -0.1) is 0 Å². The molecule has 7 heteroatoms. The number of hydrogen-bond acceptors (Lipinski definition) is 5. The van der Waals surface area contributed by atoms with Gasteiger partial charge in [0.15, 0.2) is 0 Å². The molecule has 0 radical (unpaired) electrons. The number of aromatic nitrogens is 1. The largest absolute Gasteiger partial charge is 0.497 e. The number of pyridine rings is 1. The van der Waals surface area contributed by atoms with Gasteiger partial charge in [-0.1, -0.05) is 46.3 Å². The number of benzene rings is 3. The lowest BCUT2D eigenvalue weighted by Gasteiger charge is -2.20. The van der Waals surface area contributed by atoms with E-state index in [0.29, 0.717) is 33.4 Å². The Balaban J connectivity index is 2.11. The summed E-state index contributed by atoms with van der Waals surface area (Å²) in [5.74, 6) is 0.594. The predicted octanol–water partition coefficient (Wildman–Crippen LogP) is 5.28. The number of carbonyl (C=O) groups excluding carboxylic acids is 1. The van der Waals surface area contributed by atoms with Gasteiger partial charge in [0.2, 0.25) is 0 Å². The van der Waals surface area contributed by atoms with Crippen molar-refractivity contribution >= 4 is 32.7 Å². The fourth-order valence-corrected chi connectivity index (χ4v) is 4.31. The van der Waals surface area contributed by atoms with Crippen LogP contribution in [-0.2, 0) is 11.3 Å². The van der Waals surface area contributed by atoms with Gasteiger partial charge in [-0.3, -0.25) is 9.36 Å². The lowest BCUT2D eigenvalue weighted by atomic mass is 9.96. The van der Waals surface area contributed by atoms with Crippen LogP contribution in [-0.4, -0.2) is 31.9 Å². The standard InChI is InChI=1S/C26H22BrNO5/c1-31-19-10-12-22(32-2)17(13-19)15-28-24(26(30)33-3)23(16-7-5-4-6-8-16)21-14-18(27)9-11-20(21)25(28)29/h4-14H,15H2,1-3H3. The Labute approximate surface area is 199 Å². The minimum absolute atomic E-state index is 0.0927. The average Bonchev–Trinajstić information content (AvgIpc) is 2.85. The summed E-state index contributed by atoms with van der Waals surface area (Å²) >= 11 is 3.49. The highest BCUT2D eigenvalue weighted by Crippen LogP contribution is 2.34. The Hall–Kier alpha value is -3.58. The molecule has 4 aromatic rings. The molecule has 0 saturated carbocycles. The van der Waals surface area contributed by atoms with Crippen molar-refractivity contribution in [3.8, 4) is 22.6 Å². The van der Waals surface area contributed by atoms with E-state index < -0.39 is 5.97 Å². The molecule has 0 aliphatic carbocycles. The topological polar surface area (TPSA) is 66.8 Å². The van der Waals surface area contributed by atoms with Crippen molar-refractivity contribution in [1.82, 2.24) is 4.57 Å². The SMILES string of the molecule is COC(=O)c1c(-c2ccccc2)c2cc(Br)ccc2c(=O)n1Cc1cc(OC)ccc1OC. The van der Waals surface area contributed by atoms with E-state index in [0.717, 1.165) is 10.0 Å². The van der Waals surface area contributed by atoms with E-state index in [1.165, 1.54) is 11.7 Å². The molecular weight excluding hydrogens is 486 g/mol. The smallest absolute Gasteiger partial charge is 0.355 e. The number of carbonyl (C=O) groups is 1. The van der Waals surface area contributed by atoms with Crippen LogP contribution in [0.3, 0.4) is 0 Å². The van der Waals surface area contributed by atoms with Crippen LogP contribution in [0.1, 0.15) is 16.1 Å². The number of esters is 1. The van der Waals surface area contributed by atoms with Gasteiger partial charge in [0.25, 0.3) is 5.56 Å². The summed E-state index contributed by atoms with van der Waals surface area (Å²) in [6, 6.07) is 20.3. The van der Waals surface area contributed by atoms with Crippen molar-refractivity contribution in [3.63, 3.8) is 0 Å². The van der Waals surface area contributed by atoms with Crippen LogP contribution in [0.15, 0.2) is 76.0 Å². The first-order valence-electron chi connectivity index (χ1n) is 10.2. The summed E-state index contributed by atoms with van der Waals surface area (Å²) in [6.07, 6.45) is 0. The maximum absolute atomic E-state index is 13.7. The van der Waals surface area contributed by atoms with E-state index in [1.54, 1.807) is 38.5 Å². The molecule has 0 aliphatic rings. The Morgan fingerprint density at radius 3 is 2.33 bits per heavy atom. The molecule has 4 rings (SSSR count). The highest BCUT2D eigenvalue weighted by molar-refractivity contribution is 9.10. The molecule has 3 aromatic carbocycles. The summed E-state index contributed by atoms with van der Waals surface area (Å²) in [6.45, 7) is 0.0927. The maximum Gasteiger partial charge on any atom is 0.355 e. The monoisotopic (exact) mass is 507 g/mol. The number of rotatable bonds is 6. The molecule has 1 aromatic heterocycles. The minimum atomic E-state index is -0.602. The fourth-order valence-electron chi connectivity index (χ4n) is 3.95. The lowest BCUT2D eigenvalue weighted by Crippen LogP contribution is -2.28. The summed E-state index contributed by atoms with van der Waals surface area (Å²) < 4.78 is 18.3. The van der Waals surface area contributed by atoms with Gasteiger partial charge < -0.3 is 14.2 Å². The van der Waals surface area contributed by atoms with Gasteiger partial charge in [-0.25, -0.2) is 4.79 Å². The molecule has 0 atom stereocenters. The van der Waals surface area contributed by atoms with Crippen LogP contribution >= 0.6 is 15.9 Å². The molecule has 0 spiro atoms. The van der Waals surface area contributed by atoms with E-state index in [9.17, 15) is 9.59 Å². The zero-order chi connectivity index (χ0) is 23.5. The van der Waals surface area contributed by atoms with Crippen LogP contribution in [0, 0.1) is 0 Å². The number of hydrogen-bond donors (Lipinski definition) is 0. The predicted molar refractivity (Wildman–Crippen MR) is 131 cm³/mol. The molecular formula is C26H22BrNO5. The van der Waals surface area contributed by atoms with Gasteiger partial charge >= 0.3 is 5.97 Å². The van der Waals surface area contributed by atoms with Gasteiger partial charge in [0.1, 0.15) is 17.2 Å². The molecule has 0 aliphatic heterocycles. The molecule has 6 nitrogen and oxygen atoms in total. The van der Waals surface area contributed by atoms with Crippen molar-refractivity contribution in [2.24, 2.45) is 0 Å². The van der Waals surface area contributed by atoms with Crippen molar-refractivity contribution in [1.29, 1.82) is 0 Å². The quantitative estimate of drug-likeness (QED) is 0.332. The highest BCUT2D eigenvalue weighted by Gasteiger charge is 2.25. The Kier molecular flexibility index (Phi) is 6.51. The van der Waals surface area contributed by atoms with Gasteiger partial charge in [-0.2, -0.15) is 0 Å². The average molecular weight is 508 g/mol. The summed E-state index contributed by atoms with van der Waals surface area (Å²) in [7, 11) is 4.44. The lowest BCUT2D eigenvalue weighted by molar-refractivity contribution is 0.0588. The molecule has 0 saturated heterocycles. The Bertz CT molecular complexity index is 1400. The third kappa shape index (κ3) is 4.24. The second-order valence-corrected chi connectivity index (χ2v) is 8.26. The number of ether oxygens (including phenoxy) is 3. The molecule has 168 valence electrons. The fraction of sp³-hybridized carbons (Fsp3) is 0.154. The molecule has 0 unspecified atom stereocenters. The Morgan fingerprint density at radius 2 is 1.67 bits per heavy atom. The van der Waals surface area contributed by atoms with Gasteiger partial charge in [-0.05, 0) is 47.3 Å². The molecule has 1 heterocycles. The number of halogens is 1. The van der Waals surface area contributed by atoms with Gasteiger partial charge in [0, 0.05) is 21.0 Å². The second kappa shape index (κ2) is 9.50. The van der Waals surface area contributed by atoms with E-state index in [-0.39, 0.29) is 17.8 Å². The number of fused-ring (bicyclic) bond motifs is 1. The van der Waals surface area contributed by atoms with E-state index >= 15 is 0 Å². The van der Waals surface area contributed by atoms with E-state index in [2.05, 4.69) is 15.9 Å².